The van der Waals surface area contributed by atoms with Gasteiger partial charge in [-0.1, -0.05) is 17.7 Å². The fourth-order valence-electron chi connectivity index (χ4n) is 1.78. The second-order valence-electron chi connectivity index (χ2n) is 4.63. The minimum absolute atomic E-state index is 0.308. The second-order valence-corrected chi connectivity index (χ2v) is 4.63. The van der Waals surface area contributed by atoms with Gasteiger partial charge in [0.2, 0.25) is 0 Å². The smallest absolute Gasteiger partial charge is 0.325 e. The fraction of sp³-hybridized carbons (Fsp3) is 0.400. The summed E-state index contributed by atoms with van der Waals surface area (Å²) in [6.45, 7) is 3.04. The Labute approximate surface area is 123 Å². The average Bonchev–Trinajstić information content (AvgIpc) is 2.47. The molecule has 0 aromatic heterocycles. The lowest BCUT2D eigenvalue weighted by Gasteiger charge is -2.21. The number of rotatable bonds is 5. The van der Waals surface area contributed by atoms with Crippen molar-refractivity contribution in [3.8, 4) is 0 Å². The van der Waals surface area contributed by atoms with Gasteiger partial charge in [0.1, 0.15) is 13.1 Å². The van der Waals surface area contributed by atoms with E-state index in [0.29, 0.717) is 5.56 Å². The van der Waals surface area contributed by atoms with Crippen LogP contribution in [0.25, 0.3) is 0 Å². The molecule has 0 bridgehead atoms. The molecule has 0 atom stereocenters. The predicted octanol–water partition coefficient (Wildman–Crippen LogP) is 1.09. The largest absolute Gasteiger partial charge is 0.468 e. The van der Waals surface area contributed by atoms with E-state index in [1.807, 2.05) is 19.1 Å². The third-order valence-electron chi connectivity index (χ3n) is 3.01. The van der Waals surface area contributed by atoms with Crippen LogP contribution in [0.5, 0.6) is 0 Å². The monoisotopic (exact) mass is 293 g/mol. The van der Waals surface area contributed by atoms with Crippen molar-refractivity contribution in [3.05, 3.63) is 34.9 Å². The molecule has 0 heterocycles. The Bertz CT molecular complexity index is 535. The maximum Gasteiger partial charge on any atom is 0.325 e. The zero-order valence-corrected chi connectivity index (χ0v) is 12.6. The fourth-order valence-corrected chi connectivity index (χ4v) is 1.78. The number of benzene rings is 1. The lowest BCUT2D eigenvalue weighted by molar-refractivity contribution is -0.144. The molecule has 0 saturated carbocycles. The Morgan fingerprint density at radius 2 is 1.52 bits per heavy atom. The molecule has 1 amide bonds. The molecule has 0 aliphatic carbocycles. The van der Waals surface area contributed by atoms with E-state index < -0.39 is 17.8 Å². The molecular weight excluding hydrogens is 274 g/mol. The van der Waals surface area contributed by atoms with E-state index in [2.05, 4.69) is 9.47 Å². The maximum absolute atomic E-state index is 12.5. The highest BCUT2D eigenvalue weighted by Crippen LogP contribution is 2.13. The summed E-state index contributed by atoms with van der Waals surface area (Å²) in [5.74, 6) is -1.61. The molecule has 1 aromatic carbocycles. The van der Waals surface area contributed by atoms with Crippen LogP contribution in [0.15, 0.2) is 18.2 Å². The van der Waals surface area contributed by atoms with Gasteiger partial charge in [-0.15, -0.1) is 0 Å². The van der Waals surface area contributed by atoms with E-state index in [4.69, 9.17) is 0 Å². The standard InChI is InChI=1S/C15H19NO5/c1-10-5-6-11(2)12(7-10)15(19)16(8-13(17)20-3)9-14(18)21-4/h5-7H,8-9H2,1-4H3. The van der Waals surface area contributed by atoms with Gasteiger partial charge in [-0.25, -0.2) is 0 Å². The van der Waals surface area contributed by atoms with Crippen molar-refractivity contribution in [2.24, 2.45) is 0 Å². The van der Waals surface area contributed by atoms with E-state index >= 15 is 0 Å². The molecule has 6 nitrogen and oxygen atoms in total. The zero-order valence-electron chi connectivity index (χ0n) is 12.6. The van der Waals surface area contributed by atoms with Crippen LogP contribution in [0, 0.1) is 13.8 Å². The van der Waals surface area contributed by atoms with Gasteiger partial charge >= 0.3 is 11.9 Å². The van der Waals surface area contributed by atoms with Gasteiger partial charge in [0.25, 0.3) is 5.91 Å². The highest BCUT2D eigenvalue weighted by atomic mass is 16.5. The van der Waals surface area contributed by atoms with Crippen LogP contribution in [0.1, 0.15) is 21.5 Å². The maximum atomic E-state index is 12.5. The van der Waals surface area contributed by atoms with E-state index in [0.717, 1.165) is 16.0 Å². The summed E-state index contributed by atoms with van der Waals surface area (Å²) < 4.78 is 9.10. The van der Waals surface area contributed by atoms with Gasteiger partial charge in [-0.2, -0.15) is 0 Å². The summed E-state index contributed by atoms with van der Waals surface area (Å²) in [7, 11) is 2.45. The summed E-state index contributed by atoms with van der Waals surface area (Å²) in [5, 5.41) is 0. The Balaban J connectivity index is 3.05. The van der Waals surface area contributed by atoms with E-state index in [-0.39, 0.29) is 13.1 Å². The van der Waals surface area contributed by atoms with Gasteiger partial charge in [-0.3, -0.25) is 14.4 Å². The first kappa shape index (κ1) is 16.7. The third-order valence-corrected chi connectivity index (χ3v) is 3.01. The molecule has 1 aromatic rings. The molecule has 0 aliphatic heterocycles. The van der Waals surface area contributed by atoms with Gasteiger partial charge in [0, 0.05) is 5.56 Å². The van der Waals surface area contributed by atoms with Crippen molar-refractivity contribution in [2.75, 3.05) is 27.3 Å². The quantitative estimate of drug-likeness (QED) is 0.760. The normalized spacial score (nSPS) is 9.90. The molecule has 0 unspecified atom stereocenters. The first-order valence-corrected chi connectivity index (χ1v) is 6.39. The summed E-state index contributed by atoms with van der Waals surface area (Å²) in [6.07, 6.45) is 0. The molecule has 0 aliphatic rings. The lowest BCUT2D eigenvalue weighted by atomic mass is 10.0. The average molecular weight is 293 g/mol. The van der Waals surface area contributed by atoms with Gasteiger partial charge < -0.3 is 14.4 Å². The Hall–Kier alpha value is -2.37. The van der Waals surface area contributed by atoms with Crippen LogP contribution in [-0.2, 0) is 19.1 Å². The number of nitrogens with zero attached hydrogens (tertiary/aromatic N) is 1. The Morgan fingerprint density at radius 3 is 2.00 bits per heavy atom. The number of carbonyl (C=O) groups is 3. The molecule has 0 fully saturated rings. The Kier molecular flexibility index (Phi) is 5.90. The topological polar surface area (TPSA) is 72.9 Å². The first-order valence-electron chi connectivity index (χ1n) is 6.39. The van der Waals surface area contributed by atoms with E-state index in [1.165, 1.54) is 14.2 Å². The SMILES string of the molecule is COC(=O)CN(CC(=O)OC)C(=O)c1cc(C)ccc1C. The minimum atomic E-state index is -0.599. The third kappa shape index (κ3) is 4.59. The lowest BCUT2D eigenvalue weighted by Crippen LogP contribution is -2.40. The number of esters is 2. The van der Waals surface area contributed by atoms with Crippen molar-refractivity contribution >= 4 is 17.8 Å². The summed E-state index contributed by atoms with van der Waals surface area (Å²) >= 11 is 0. The molecule has 6 heteroatoms. The van der Waals surface area contributed by atoms with Crippen LogP contribution < -0.4 is 0 Å². The van der Waals surface area contributed by atoms with Crippen LogP contribution in [0.2, 0.25) is 0 Å². The molecular formula is C15H19NO5. The number of hydrogen-bond donors (Lipinski definition) is 0. The molecule has 0 radical (unpaired) electrons. The van der Waals surface area contributed by atoms with Crippen molar-refractivity contribution in [1.29, 1.82) is 0 Å². The van der Waals surface area contributed by atoms with E-state index in [9.17, 15) is 14.4 Å². The van der Waals surface area contributed by atoms with Crippen LogP contribution in [0.4, 0.5) is 0 Å². The molecule has 0 saturated heterocycles. The summed E-state index contributed by atoms with van der Waals surface area (Å²) in [6, 6.07) is 5.42. The van der Waals surface area contributed by atoms with Gasteiger partial charge in [0.15, 0.2) is 0 Å². The number of methoxy groups -OCH3 is 2. The van der Waals surface area contributed by atoms with Gasteiger partial charge in [0.05, 0.1) is 14.2 Å². The molecule has 0 N–H and O–H groups in total. The first-order chi connectivity index (χ1) is 9.88. The highest BCUT2D eigenvalue weighted by molar-refractivity contribution is 5.99. The molecule has 114 valence electrons. The van der Waals surface area contributed by atoms with Crippen molar-refractivity contribution in [1.82, 2.24) is 4.90 Å². The number of carbonyl (C=O) groups excluding carboxylic acids is 3. The number of hydrogen-bond acceptors (Lipinski definition) is 5. The Morgan fingerprint density at radius 1 is 1.00 bits per heavy atom. The van der Waals surface area contributed by atoms with Crippen molar-refractivity contribution in [2.45, 2.75) is 13.8 Å². The molecule has 21 heavy (non-hydrogen) atoms. The van der Waals surface area contributed by atoms with Crippen molar-refractivity contribution < 1.29 is 23.9 Å². The number of amides is 1. The zero-order chi connectivity index (χ0) is 16.0. The number of ether oxygens (including phenoxy) is 2. The van der Waals surface area contributed by atoms with Crippen LogP contribution >= 0.6 is 0 Å². The summed E-state index contributed by atoms with van der Waals surface area (Å²) in [4.78, 5) is 36.5. The van der Waals surface area contributed by atoms with Crippen molar-refractivity contribution in [3.63, 3.8) is 0 Å². The predicted molar refractivity (Wildman–Crippen MR) is 75.9 cm³/mol. The highest BCUT2D eigenvalue weighted by Gasteiger charge is 2.23. The molecule has 0 spiro atoms. The van der Waals surface area contributed by atoms with Crippen LogP contribution in [-0.4, -0.2) is 50.1 Å². The summed E-state index contributed by atoms with van der Waals surface area (Å²) in [5.41, 5.74) is 2.13. The van der Waals surface area contributed by atoms with Gasteiger partial charge in [-0.05, 0) is 25.5 Å². The van der Waals surface area contributed by atoms with Crippen LogP contribution in [0.3, 0.4) is 0 Å². The second kappa shape index (κ2) is 7.42. The minimum Gasteiger partial charge on any atom is -0.468 e. The number of aryl methyl sites for hydroxylation is 2. The van der Waals surface area contributed by atoms with E-state index in [1.54, 1.807) is 13.0 Å². The molecule has 1 rings (SSSR count).